The molecular formula is C16H27ClN2O. The molecule has 1 amide bonds. The van der Waals surface area contributed by atoms with Gasteiger partial charge in [-0.3, -0.25) is 4.79 Å². The van der Waals surface area contributed by atoms with Crippen molar-refractivity contribution in [1.82, 2.24) is 5.32 Å². The maximum atomic E-state index is 12.1. The molecule has 114 valence electrons. The molecule has 0 aliphatic rings. The van der Waals surface area contributed by atoms with Gasteiger partial charge in [-0.05, 0) is 25.3 Å². The lowest BCUT2D eigenvalue weighted by atomic mass is 9.99. The summed E-state index contributed by atoms with van der Waals surface area (Å²) in [5, 5.41) is 3.13. The van der Waals surface area contributed by atoms with Crippen molar-refractivity contribution >= 4 is 18.3 Å². The SMILES string of the molecule is CCCC(Cc1ccccc1)NC(=O)C(C)C(C)N.Cl. The van der Waals surface area contributed by atoms with E-state index in [-0.39, 0.29) is 36.3 Å². The lowest BCUT2D eigenvalue weighted by Crippen LogP contribution is -2.44. The zero-order valence-corrected chi connectivity index (χ0v) is 13.5. The first-order chi connectivity index (χ1) is 9.04. The lowest BCUT2D eigenvalue weighted by Gasteiger charge is -2.22. The number of amides is 1. The zero-order valence-electron chi connectivity index (χ0n) is 12.6. The van der Waals surface area contributed by atoms with Crippen LogP contribution in [0.5, 0.6) is 0 Å². The van der Waals surface area contributed by atoms with E-state index in [0.29, 0.717) is 0 Å². The molecule has 1 rings (SSSR count). The monoisotopic (exact) mass is 298 g/mol. The number of carbonyl (C=O) groups is 1. The van der Waals surface area contributed by atoms with Gasteiger partial charge < -0.3 is 11.1 Å². The number of rotatable bonds is 7. The van der Waals surface area contributed by atoms with Crippen LogP contribution in [0.4, 0.5) is 0 Å². The Bertz CT molecular complexity index is 381. The Balaban J connectivity index is 0.00000361. The van der Waals surface area contributed by atoms with Gasteiger partial charge in [0, 0.05) is 18.0 Å². The first-order valence-electron chi connectivity index (χ1n) is 7.14. The molecule has 0 bridgehead atoms. The molecule has 3 atom stereocenters. The van der Waals surface area contributed by atoms with Crippen LogP contribution in [-0.2, 0) is 11.2 Å². The summed E-state index contributed by atoms with van der Waals surface area (Å²) < 4.78 is 0. The third-order valence-electron chi connectivity index (χ3n) is 3.51. The van der Waals surface area contributed by atoms with Gasteiger partial charge in [-0.1, -0.05) is 50.6 Å². The van der Waals surface area contributed by atoms with Crippen LogP contribution in [0.15, 0.2) is 30.3 Å². The number of nitrogens with one attached hydrogen (secondary N) is 1. The molecular weight excluding hydrogens is 272 g/mol. The molecule has 3 N–H and O–H groups in total. The normalized spacial score (nSPS) is 14.8. The summed E-state index contributed by atoms with van der Waals surface area (Å²) in [5.74, 6) is -0.0838. The quantitative estimate of drug-likeness (QED) is 0.813. The second-order valence-corrected chi connectivity index (χ2v) is 5.33. The van der Waals surface area contributed by atoms with Gasteiger partial charge in [0.15, 0.2) is 0 Å². The van der Waals surface area contributed by atoms with E-state index in [1.807, 2.05) is 32.0 Å². The van der Waals surface area contributed by atoms with E-state index in [9.17, 15) is 4.79 Å². The smallest absolute Gasteiger partial charge is 0.224 e. The highest BCUT2D eigenvalue weighted by Gasteiger charge is 2.20. The topological polar surface area (TPSA) is 55.1 Å². The molecule has 4 heteroatoms. The van der Waals surface area contributed by atoms with Crippen molar-refractivity contribution in [2.45, 2.75) is 52.1 Å². The molecule has 3 unspecified atom stereocenters. The second-order valence-electron chi connectivity index (χ2n) is 5.33. The van der Waals surface area contributed by atoms with Crippen molar-refractivity contribution in [3.05, 3.63) is 35.9 Å². The highest BCUT2D eigenvalue weighted by atomic mass is 35.5. The van der Waals surface area contributed by atoms with E-state index in [2.05, 4.69) is 24.4 Å². The van der Waals surface area contributed by atoms with Gasteiger partial charge in [0.05, 0.1) is 0 Å². The zero-order chi connectivity index (χ0) is 14.3. The molecule has 0 spiro atoms. The number of benzene rings is 1. The minimum atomic E-state index is -0.143. The maximum absolute atomic E-state index is 12.1. The second kappa shape index (κ2) is 9.78. The van der Waals surface area contributed by atoms with Crippen LogP contribution in [0, 0.1) is 5.92 Å². The highest BCUT2D eigenvalue weighted by molar-refractivity contribution is 5.85. The molecule has 20 heavy (non-hydrogen) atoms. The minimum Gasteiger partial charge on any atom is -0.353 e. The van der Waals surface area contributed by atoms with E-state index in [1.54, 1.807) is 0 Å². The summed E-state index contributed by atoms with van der Waals surface area (Å²) in [5.41, 5.74) is 7.04. The van der Waals surface area contributed by atoms with E-state index in [4.69, 9.17) is 5.73 Å². The first kappa shape index (κ1) is 18.9. The van der Waals surface area contributed by atoms with Crippen LogP contribution in [-0.4, -0.2) is 18.0 Å². The Kier molecular flexibility index (Phi) is 9.26. The lowest BCUT2D eigenvalue weighted by molar-refractivity contribution is -0.125. The van der Waals surface area contributed by atoms with Gasteiger partial charge >= 0.3 is 0 Å². The number of hydrogen-bond donors (Lipinski definition) is 2. The Labute approximate surface area is 128 Å². The molecule has 0 radical (unpaired) electrons. The number of halogens is 1. The summed E-state index contributed by atoms with van der Waals surface area (Å²) in [6, 6.07) is 10.4. The fraction of sp³-hybridized carbons (Fsp3) is 0.562. The summed E-state index contributed by atoms with van der Waals surface area (Å²) in [4.78, 5) is 12.1. The molecule has 3 nitrogen and oxygen atoms in total. The summed E-state index contributed by atoms with van der Waals surface area (Å²) in [6.07, 6.45) is 2.93. The van der Waals surface area contributed by atoms with Crippen LogP contribution < -0.4 is 11.1 Å². The summed E-state index contributed by atoms with van der Waals surface area (Å²) in [6.45, 7) is 5.89. The molecule has 1 aromatic rings. The van der Waals surface area contributed by atoms with Crippen molar-refractivity contribution in [3.63, 3.8) is 0 Å². The van der Waals surface area contributed by atoms with E-state index < -0.39 is 0 Å². The van der Waals surface area contributed by atoms with Gasteiger partial charge in [0.25, 0.3) is 0 Å². The predicted octanol–water partition coefficient (Wildman–Crippen LogP) is 2.92. The van der Waals surface area contributed by atoms with E-state index in [0.717, 1.165) is 19.3 Å². The van der Waals surface area contributed by atoms with E-state index in [1.165, 1.54) is 5.56 Å². The first-order valence-corrected chi connectivity index (χ1v) is 7.14. The average Bonchev–Trinajstić information content (AvgIpc) is 2.39. The van der Waals surface area contributed by atoms with Crippen LogP contribution >= 0.6 is 12.4 Å². The van der Waals surface area contributed by atoms with Crippen molar-refractivity contribution in [2.75, 3.05) is 0 Å². The summed E-state index contributed by atoms with van der Waals surface area (Å²) >= 11 is 0. The molecule has 0 aliphatic carbocycles. The Morgan fingerprint density at radius 2 is 1.85 bits per heavy atom. The minimum absolute atomic E-state index is 0. The predicted molar refractivity (Wildman–Crippen MR) is 87.0 cm³/mol. The van der Waals surface area contributed by atoms with Crippen molar-refractivity contribution in [2.24, 2.45) is 11.7 Å². The van der Waals surface area contributed by atoms with Gasteiger partial charge in [0.2, 0.25) is 5.91 Å². The van der Waals surface area contributed by atoms with Crippen molar-refractivity contribution < 1.29 is 4.79 Å². The fourth-order valence-electron chi connectivity index (χ4n) is 2.04. The number of nitrogens with two attached hydrogens (primary N) is 1. The molecule has 0 saturated carbocycles. The van der Waals surface area contributed by atoms with Crippen LogP contribution in [0.3, 0.4) is 0 Å². The third kappa shape index (κ3) is 6.40. The van der Waals surface area contributed by atoms with Crippen LogP contribution in [0.25, 0.3) is 0 Å². The van der Waals surface area contributed by atoms with Gasteiger partial charge in [-0.15, -0.1) is 12.4 Å². The Morgan fingerprint density at radius 1 is 1.25 bits per heavy atom. The molecule has 0 fully saturated rings. The van der Waals surface area contributed by atoms with Crippen LogP contribution in [0.2, 0.25) is 0 Å². The van der Waals surface area contributed by atoms with E-state index >= 15 is 0 Å². The Morgan fingerprint density at radius 3 is 2.35 bits per heavy atom. The third-order valence-corrected chi connectivity index (χ3v) is 3.51. The van der Waals surface area contributed by atoms with Crippen molar-refractivity contribution in [1.29, 1.82) is 0 Å². The van der Waals surface area contributed by atoms with Gasteiger partial charge in [-0.2, -0.15) is 0 Å². The summed E-state index contributed by atoms with van der Waals surface area (Å²) in [7, 11) is 0. The van der Waals surface area contributed by atoms with Gasteiger partial charge in [0.1, 0.15) is 0 Å². The molecule has 0 saturated heterocycles. The molecule has 0 aliphatic heterocycles. The Hall–Kier alpha value is -1.06. The largest absolute Gasteiger partial charge is 0.353 e. The molecule has 0 aromatic heterocycles. The van der Waals surface area contributed by atoms with Crippen LogP contribution in [0.1, 0.15) is 39.2 Å². The maximum Gasteiger partial charge on any atom is 0.224 e. The van der Waals surface area contributed by atoms with Gasteiger partial charge in [-0.25, -0.2) is 0 Å². The molecule has 0 heterocycles. The fourth-order valence-corrected chi connectivity index (χ4v) is 2.04. The molecule has 1 aromatic carbocycles. The number of carbonyl (C=O) groups excluding carboxylic acids is 1. The standard InChI is InChI=1S/C16H26N2O.ClH/c1-4-8-15(11-14-9-6-5-7-10-14)18-16(19)12(2)13(3)17;/h5-7,9-10,12-13,15H,4,8,11,17H2,1-3H3,(H,18,19);1H. The van der Waals surface area contributed by atoms with Crippen molar-refractivity contribution in [3.8, 4) is 0 Å². The average molecular weight is 299 g/mol. The highest BCUT2D eigenvalue weighted by Crippen LogP contribution is 2.09. The number of hydrogen-bond acceptors (Lipinski definition) is 2.